The molecular formula is C13H10ClFN2O2. The molecule has 1 heterocycles. The fourth-order valence-corrected chi connectivity index (χ4v) is 2.15. The molecule has 1 aromatic carbocycles. The van der Waals surface area contributed by atoms with E-state index < -0.39 is 17.5 Å². The van der Waals surface area contributed by atoms with Gasteiger partial charge >= 0.3 is 0 Å². The van der Waals surface area contributed by atoms with E-state index in [4.69, 9.17) is 16.9 Å². The summed E-state index contributed by atoms with van der Waals surface area (Å²) in [7, 11) is 0. The van der Waals surface area contributed by atoms with Gasteiger partial charge in [-0.25, -0.2) is 4.39 Å². The Morgan fingerprint density at radius 1 is 1.32 bits per heavy atom. The van der Waals surface area contributed by atoms with Crippen LogP contribution in [0.5, 0.6) is 0 Å². The van der Waals surface area contributed by atoms with Crippen molar-refractivity contribution in [3.63, 3.8) is 0 Å². The number of rotatable bonds is 4. The molecule has 1 amide bonds. The van der Waals surface area contributed by atoms with Gasteiger partial charge in [0.2, 0.25) is 0 Å². The number of Topliss-reactive ketones (excluding diaryl/α,β-unsaturated/α-hetero) is 1. The van der Waals surface area contributed by atoms with Gasteiger partial charge in [-0.1, -0.05) is 11.6 Å². The summed E-state index contributed by atoms with van der Waals surface area (Å²) in [6, 6.07) is 4.29. The van der Waals surface area contributed by atoms with Gasteiger partial charge in [-0.3, -0.25) is 9.59 Å². The Balaban J connectivity index is 2.24. The Bertz CT molecular complexity index is 595. The lowest BCUT2D eigenvalue weighted by Crippen LogP contribution is -2.30. The fourth-order valence-electron chi connectivity index (χ4n) is 1.98. The van der Waals surface area contributed by atoms with Crippen molar-refractivity contribution in [3.05, 3.63) is 28.5 Å². The number of halogens is 2. The molecule has 0 spiro atoms. The molecule has 6 heteroatoms. The minimum absolute atomic E-state index is 0.136. The molecule has 2 rings (SSSR count). The molecule has 0 atom stereocenters. The number of hydrogen-bond acceptors (Lipinski definition) is 3. The van der Waals surface area contributed by atoms with E-state index in [0.29, 0.717) is 25.8 Å². The van der Waals surface area contributed by atoms with Crippen molar-refractivity contribution in [3.8, 4) is 6.07 Å². The van der Waals surface area contributed by atoms with Crippen molar-refractivity contribution < 1.29 is 14.0 Å². The maximum absolute atomic E-state index is 13.4. The molecule has 0 unspecified atom stereocenters. The Labute approximate surface area is 114 Å². The highest BCUT2D eigenvalue weighted by atomic mass is 35.5. The topological polar surface area (TPSA) is 61.2 Å². The third-order valence-corrected chi connectivity index (χ3v) is 3.22. The first-order chi connectivity index (χ1) is 9.06. The molecule has 4 nitrogen and oxygen atoms in total. The van der Waals surface area contributed by atoms with Crippen LogP contribution < -0.4 is 4.90 Å². The van der Waals surface area contributed by atoms with E-state index in [9.17, 15) is 14.0 Å². The third-order valence-electron chi connectivity index (χ3n) is 2.93. The van der Waals surface area contributed by atoms with E-state index in [2.05, 4.69) is 0 Å². The van der Waals surface area contributed by atoms with Crippen LogP contribution in [0.2, 0.25) is 5.02 Å². The first-order valence-corrected chi connectivity index (χ1v) is 6.16. The van der Waals surface area contributed by atoms with Crippen LogP contribution in [0.1, 0.15) is 29.6 Å². The second-order valence-electron chi connectivity index (χ2n) is 4.18. The van der Waals surface area contributed by atoms with E-state index in [1.807, 2.05) is 6.07 Å². The highest BCUT2D eigenvalue weighted by molar-refractivity contribution is 6.52. The molecule has 98 valence electrons. The molecule has 0 aromatic heterocycles. The smallest absolute Gasteiger partial charge is 0.299 e. The van der Waals surface area contributed by atoms with E-state index in [1.54, 1.807) is 0 Å². The average Bonchev–Trinajstić information content (AvgIpc) is 2.60. The first-order valence-electron chi connectivity index (χ1n) is 5.78. The van der Waals surface area contributed by atoms with Crippen LogP contribution in [0.25, 0.3) is 0 Å². The number of ketones is 1. The van der Waals surface area contributed by atoms with E-state index in [1.165, 1.54) is 11.0 Å². The minimum atomic E-state index is -0.673. The molecule has 0 radical (unpaired) electrons. The van der Waals surface area contributed by atoms with Crippen molar-refractivity contribution >= 4 is 29.0 Å². The summed E-state index contributed by atoms with van der Waals surface area (Å²) in [5.41, 5.74) is 0.394. The number of amides is 1. The number of carbonyl (C=O) groups is 2. The Morgan fingerprint density at radius 3 is 2.74 bits per heavy atom. The van der Waals surface area contributed by atoms with Gasteiger partial charge in [-0.05, 0) is 25.0 Å². The van der Waals surface area contributed by atoms with E-state index in [-0.39, 0.29) is 16.3 Å². The van der Waals surface area contributed by atoms with Crippen molar-refractivity contribution in [2.24, 2.45) is 0 Å². The minimum Gasteiger partial charge on any atom is -0.305 e. The number of hydrogen-bond donors (Lipinski definition) is 0. The zero-order valence-electron chi connectivity index (χ0n) is 9.95. The molecule has 0 N–H and O–H groups in total. The second kappa shape index (κ2) is 5.37. The van der Waals surface area contributed by atoms with Gasteiger partial charge in [-0.15, -0.1) is 0 Å². The molecule has 0 bridgehead atoms. The number of unbranched alkanes of at least 4 members (excludes halogenated alkanes) is 2. The van der Waals surface area contributed by atoms with Crippen molar-refractivity contribution in [2.75, 3.05) is 11.4 Å². The summed E-state index contributed by atoms with van der Waals surface area (Å²) in [6.07, 6.45) is 1.59. The number of fused-ring (bicyclic) bond motifs is 1. The number of carbonyl (C=O) groups excluding carboxylic acids is 2. The molecule has 19 heavy (non-hydrogen) atoms. The zero-order valence-corrected chi connectivity index (χ0v) is 10.7. The summed E-state index contributed by atoms with van der Waals surface area (Å²) in [6.45, 7) is 0.292. The van der Waals surface area contributed by atoms with Crippen LogP contribution in [0.3, 0.4) is 0 Å². The quantitative estimate of drug-likeness (QED) is 0.629. The fraction of sp³-hybridized carbons (Fsp3) is 0.308. The van der Waals surface area contributed by atoms with Gasteiger partial charge in [0.15, 0.2) is 0 Å². The highest BCUT2D eigenvalue weighted by Crippen LogP contribution is 2.33. The lowest BCUT2D eigenvalue weighted by molar-refractivity contribution is -0.114. The van der Waals surface area contributed by atoms with Crippen LogP contribution in [0.4, 0.5) is 10.1 Å². The largest absolute Gasteiger partial charge is 0.305 e. The summed E-state index contributed by atoms with van der Waals surface area (Å²) in [5.74, 6) is -2.00. The average molecular weight is 281 g/mol. The van der Waals surface area contributed by atoms with Crippen molar-refractivity contribution in [1.29, 1.82) is 5.26 Å². The van der Waals surface area contributed by atoms with Gasteiger partial charge < -0.3 is 4.90 Å². The van der Waals surface area contributed by atoms with E-state index >= 15 is 0 Å². The normalized spacial score (nSPS) is 13.6. The first kappa shape index (κ1) is 13.5. The van der Waals surface area contributed by atoms with Crippen LogP contribution in [-0.4, -0.2) is 18.2 Å². The lowest BCUT2D eigenvalue weighted by atomic mass is 10.1. The Morgan fingerprint density at radius 2 is 2.05 bits per heavy atom. The number of anilines is 1. The molecule has 0 fully saturated rings. The maximum Gasteiger partial charge on any atom is 0.299 e. The number of benzene rings is 1. The van der Waals surface area contributed by atoms with Gasteiger partial charge in [0.1, 0.15) is 5.82 Å². The highest BCUT2D eigenvalue weighted by Gasteiger charge is 2.36. The standard InChI is InChI=1S/C13H10ClFN2O2/c14-9-6-8-11(7-10(9)15)17(13(19)12(8)18)5-3-1-2-4-16/h6-7H,1-3,5H2. The Kier molecular flexibility index (Phi) is 3.82. The monoisotopic (exact) mass is 280 g/mol. The summed E-state index contributed by atoms with van der Waals surface area (Å²) in [4.78, 5) is 24.8. The zero-order chi connectivity index (χ0) is 14.0. The second-order valence-corrected chi connectivity index (χ2v) is 4.59. The van der Waals surface area contributed by atoms with Crippen molar-refractivity contribution in [1.82, 2.24) is 0 Å². The molecule has 0 saturated heterocycles. The molecule has 0 saturated carbocycles. The van der Waals surface area contributed by atoms with Gasteiger partial charge in [0.05, 0.1) is 22.3 Å². The molecular weight excluding hydrogens is 271 g/mol. The summed E-state index contributed by atoms with van der Waals surface area (Å²) < 4.78 is 13.4. The Hall–Kier alpha value is -1.93. The number of nitrogens with zero attached hydrogens (tertiary/aromatic N) is 2. The van der Waals surface area contributed by atoms with Gasteiger partial charge in [0.25, 0.3) is 11.7 Å². The molecule has 1 aliphatic heterocycles. The van der Waals surface area contributed by atoms with Crippen molar-refractivity contribution in [2.45, 2.75) is 19.3 Å². The van der Waals surface area contributed by atoms with Crippen LogP contribution in [0.15, 0.2) is 12.1 Å². The molecule has 1 aliphatic rings. The van der Waals surface area contributed by atoms with Gasteiger partial charge in [-0.2, -0.15) is 5.26 Å². The maximum atomic E-state index is 13.4. The summed E-state index contributed by atoms with van der Waals surface area (Å²) >= 11 is 5.61. The molecule has 0 aliphatic carbocycles. The SMILES string of the molecule is N#CCCCCN1C(=O)C(=O)c2cc(Cl)c(F)cc21. The van der Waals surface area contributed by atoms with Crippen LogP contribution >= 0.6 is 11.6 Å². The predicted octanol–water partition coefficient (Wildman–Crippen LogP) is 2.70. The van der Waals surface area contributed by atoms with Gasteiger partial charge in [0, 0.05) is 13.0 Å². The predicted molar refractivity (Wildman–Crippen MR) is 67.6 cm³/mol. The van der Waals surface area contributed by atoms with E-state index in [0.717, 1.165) is 6.07 Å². The summed E-state index contributed by atoms with van der Waals surface area (Å²) in [5, 5.41) is 8.25. The van der Waals surface area contributed by atoms with Crippen LogP contribution in [0, 0.1) is 17.1 Å². The van der Waals surface area contributed by atoms with Crippen LogP contribution in [-0.2, 0) is 4.79 Å². The molecule has 1 aromatic rings. The third kappa shape index (κ3) is 2.45. The number of nitriles is 1. The lowest BCUT2D eigenvalue weighted by Gasteiger charge is -2.16.